The summed E-state index contributed by atoms with van der Waals surface area (Å²) in [5.74, 6) is 0.583. The average molecular weight is 341 g/mol. The van der Waals surface area contributed by atoms with Crippen molar-refractivity contribution in [2.45, 2.75) is 53.1 Å². The molecular weight excluding hydrogens is 314 g/mol. The topological polar surface area (TPSA) is 89.7 Å². The van der Waals surface area contributed by atoms with Crippen molar-refractivity contribution in [1.82, 2.24) is 19.9 Å². The highest BCUT2D eigenvalue weighted by Crippen LogP contribution is 2.21. The summed E-state index contributed by atoms with van der Waals surface area (Å²) >= 11 is 0. The maximum atomic E-state index is 5.76. The van der Waals surface area contributed by atoms with Gasteiger partial charge in [0.25, 0.3) is 0 Å². The van der Waals surface area contributed by atoms with Crippen LogP contribution in [0.4, 0.5) is 5.95 Å². The highest BCUT2D eigenvalue weighted by Gasteiger charge is 2.09. The number of unbranched alkanes of at least 4 members (excludes halogenated alkanes) is 1. The summed E-state index contributed by atoms with van der Waals surface area (Å²) in [6, 6.07) is 8.46. The third-order valence-corrected chi connectivity index (χ3v) is 3.49. The number of anilines is 1. The van der Waals surface area contributed by atoms with E-state index in [4.69, 9.17) is 10.5 Å². The molecular formula is C19H27N5O. The van der Waals surface area contributed by atoms with E-state index in [1.807, 2.05) is 0 Å². The van der Waals surface area contributed by atoms with Crippen molar-refractivity contribution in [2.75, 3.05) is 5.73 Å². The summed E-state index contributed by atoms with van der Waals surface area (Å²) in [4.78, 5) is 15.2. The number of imidazole rings is 1. The number of aromatic nitrogens is 4. The molecule has 0 amide bonds. The number of aryl methyl sites for hydroxylation is 1. The SMILES string of the molecule is CCC.CCCCc1ccc(COc2nc(N)nc3nc[nH]c23)cc1. The van der Waals surface area contributed by atoms with E-state index in [0.717, 1.165) is 12.0 Å². The van der Waals surface area contributed by atoms with E-state index in [2.05, 4.69) is 65.0 Å². The Balaban J connectivity index is 0.000000701. The van der Waals surface area contributed by atoms with Gasteiger partial charge in [-0.05, 0) is 24.0 Å². The molecule has 0 aliphatic heterocycles. The molecule has 0 aliphatic carbocycles. The second-order valence-corrected chi connectivity index (χ2v) is 5.90. The van der Waals surface area contributed by atoms with Gasteiger partial charge in [-0.1, -0.05) is 57.9 Å². The standard InChI is InChI=1S/C16H19N5O.C3H8/c1-2-3-4-11-5-7-12(8-6-11)9-22-15-13-14(19-10-18-13)20-16(17)21-15;1-3-2/h5-8,10H,2-4,9H2,1H3,(H3,17,18,19,20,21);3H2,1-2H3. The van der Waals surface area contributed by atoms with Crippen LogP contribution in [-0.4, -0.2) is 19.9 Å². The van der Waals surface area contributed by atoms with E-state index in [0.29, 0.717) is 23.7 Å². The minimum Gasteiger partial charge on any atom is -0.471 e. The van der Waals surface area contributed by atoms with Gasteiger partial charge in [0, 0.05) is 0 Å². The number of aromatic amines is 1. The zero-order valence-corrected chi connectivity index (χ0v) is 15.2. The molecule has 0 saturated heterocycles. The molecule has 2 heterocycles. The van der Waals surface area contributed by atoms with Gasteiger partial charge in [0.05, 0.1) is 6.33 Å². The number of H-pyrrole nitrogens is 1. The fourth-order valence-corrected chi connectivity index (χ4v) is 2.26. The molecule has 3 aromatic rings. The number of benzene rings is 1. The van der Waals surface area contributed by atoms with Crippen molar-refractivity contribution < 1.29 is 4.74 Å². The summed E-state index contributed by atoms with van der Waals surface area (Å²) < 4.78 is 5.76. The molecule has 6 heteroatoms. The van der Waals surface area contributed by atoms with Gasteiger partial charge >= 0.3 is 0 Å². The second kappa shape index (κ2) is 9.61. The highest BCUT2D eigenvalue weighted by atomic mass is 16.5. The Labute approximate surface area is 148 Å². The Kier molecular flexibility index (Phi) is 7.19. The smallest absolute Gasteiger partial charge is 0.245 e. The number of nitrogen functional groups attached to an aromatic ring is 1. The third-order valence-electron chi connectivity index (χ3n) is 3.49. The Morgan fingerprint density at radius 3 is 2.40 bits per heavy atom. The molecule has 2 aromatic heterocycles. The van der Waals surface area contributed by atoms with Gasteiger partial charge in [0.2, 0.25) is 11.8 Å². The van der Waals surface area contributed by atoms with Crippen LogP contribution in [0.3, 0.4) is 0 Å². The summed E-state index contributed by atoms with van der Waals surface area (Å²) in [6.45, 7) is 6.88. The second-order valence-electron chi connectivity index (χ2n) is 5.90. The molecule has 3 N–H and O–H groups in total. The lowest BCUT2D eigenvalue weighted by Crippen LogP contribution is -2.02. The highest BCUT2D eigenvalue weighted by molar-refractivity contribution is 5.76. The molecule has 25 heavy (non-hydrogen) atoms. The maximum Gasteiger partial charge on any atom is 0.245 e. The van der Waals surface area contributed by atoms with Crippen molar-refractivity contribution in [1.29, 1.82) is 0 Å². The van der Waals surface area contributed by atoms with E-state index in [9.17, 15) is 0 Å². The Bertz CT molecular complexity index is 767. The largest absolute Gasteiger partial charge is 0.471 e. The van der Waals surface area contributed by atoms with Crippen LogP contribution >= 0.6 is 0 Å². The number of hydrogen-bond acceptors (Lipinski definition) is 5. The van der Waals surface area contributed by atoms with Gasteiger partial charge in [-0.15, -0.1) is 0 Å². The number of nitrogens with two attached hydrogens (primary N) is 1. The van der Waals surface area contributed by atoms with Gasteiger partial charge < -0.3 is 15.5 Å². The summed E-state index contributed by atoms with van der Waals surface area (Å²) in [6.07, 6.45) is 6.34. The fourth-order valence-electron chi connectivity index (χ4n) is 2.26. The first-order chi connectivity index (χ1) is 12.2. The molecule has 0 fully saturated rings. The third kappa shape index (κ3) is 5.45. The van der Waals surface area contributed by atoms with Gasteiger partial charge in [-0.3, -0.25) is 0 Å². The normalized spacial score (nSPS) is 10.4. The van der Waals surface area contributed by atoms with Crippen LogP contribution in [0.5, 0.6) is 5.88 Å². The van der Waals surface area contributed by atoms with E-state index in [1.165, 1.54) is 24.8 Å². The van der Waals surface area contributed by atoms with Crippen LogP contribution in [0, 0.1) is 0 Å². The van der Waals surface area contributed by atoms with Crippen LogP contribution in [0.25, 0.3) is 11.2 Å². The molecule has 0 unspecified atom stereocenters. The summed E-state index contributed by atoms with van der Waals surface area (Å²) in [5.41, 5.74) is 9.28. The van der Waals surface area contributed by atoms with Crippen LogP contribution in [-0.2, 0) is 13.0 Å². The zero-order valence-electron chi connectivity index (χ0n) is 15.2. The lowest BCUT2D eigenvalue weighted by molar-refractivity contribution is 0.297. The molecule has 3 rings (SSSR count). The van der Waals surface area contributed by atoms with E-state index >= 15 is 0 Å². The first kappa shape index (κ1) is 18.7. The summed E-state index contributed by atoms with van der Waals surface area (Å²) in [7, 11) is 0. The van der Waals surface area contributed by atoms with Crippen LogP contribution in [0.1, 0.15) is 51.2 Å². The Hall–Kier alpha value is -2.63. The number of nitrogens with zero attached hydrogens (tertiary/aromatic N) is 3. The zero-order chi connectivity index (χ0) is 18.1. The Morgan fingerprint density at radius 1 is 1.04 bits per heavy atom. The van der Waals surface area contributed by atoms with Crippen molar-refractivity contribution in [3.05, 3.63) is 41.7 Å². The Morgan fingerprint density at radius 2 is 1.72 bits per heavy atom. The molecule has 0 bridgehead atoms. The number of nitrogens with one attached hydrogen (secondary N) is 1. The first-order valence-corrected chi connectivity index (χ1v) is 8.85. The average Bonchev–Trinajstić information content (AvgIpc) is 3.08. The predicted molar refractivity (Wildman–Crippen MR) is 101 cm³/mol. The molecule has 0 saturated carbocycles. The monoisotopic (exact) mass is 341 g/mol. The number of ether oxygens (including phenoxy) is 1. The van der Waals surface area contributed by atoms with Crippen molar-refractivity contribution in [3.8, 4) is 5.88 Å². The number of rotatable bonds is 6. The van der Waals surface area contributed by atoms with Crippen LogP contribution in [0.15, 0.2) is 30.6 Å². The molecule has 6 nitrogen and oxygen atoms in total. The summed E-state index contributed by atoms with van der Waals surface area (Å²) in [5, 5.41) is 0. The molecule has 0 atom stereocenters. The van der Waals surface area contributed by atoms with Gasteiger partial charge in [0.15, 0.2) is 5.65 Å². The van der Waals surface area contributed by atoms with E-state index in [1.54, 1.807) is 6.33 Å². The molecule has 134 valence electrons. The van der Waals surface area contributed by atoms with Crippen molar-refractivity contribution in [3.63, 3.8) is 0 Å². The fraction of sp³-hybridized carbons (Fsp3) is 0.421. The van der Waals surface area contributed by atoms with Gasteiger partial charge in [-0.25, -0.2) is 4.98 Å². The number of fused-ring (bicyclic) bond motifs is 1. The minimum absolute atomic E-state index is 0.157. The van der Waals surface area contributed by atoms with Gasteiger partial charge in [-0.2, -0.15) is 9.97 Å². The van der Waals surface area contributed by atoms with Crippen LogP contribution in [0.2, 0.25) is 0 Å². The minimum atomic E-state index is 0.157. The molecule has 0 radical (unpaired) electrons. The molecule has 0 spiro atoms. The lowest BCUT2D eigenvalue weighted by Gasteiger charge is -2.07. The first-order valence-electron chi connectivity index (χ1n) is 8.85. The van der Waals surface area contributed by atoms with Crippen LogP contribution < -0.4 is 10.5 Å². The van der Waals surface area contributed by atoms with E-state index < -0.39 is 0 Å². The molecule has 0 aliphatic rings. The van der Waals surface area contributed by atoms with Gasteiger partial charge in [0.1, 0.15) is 12.1 Å². The van der Waals surface area contributed by atoms with Crippen molar-refractivity contribution in [2.24, 2.45) is 0 Å². The molecule has 1 aromatic carbocycles. The quantitative estimate of drug-likeness (QED) is 0.698. The van der Waals surface area contributed by atoms with Crippen molar-refractivity contribution >= 4 is 17.1 Å². The predicted octanol–water partition coefficient (Wildman–Crippen LogP) is 4.27. The number of hydrogen-bond donors (Lipinski definition) is 2. The van der Waals surface area contributed by atoms with E-state index in [-0.39, 0.29) is 5.95 Å². The lowest BCUT2D eigenvalue weighted by atomic mass is 10.1. The maximum absolute atomic E-state index is 5.76.